The topological polar surface area (TPSA) is 75.0 Å². The molecule has 1 aromatic heterocycles. The van der Waals surface area contributed by atoms with E-state index in [1.54, 1.807) is 0 Å². The summed E-state index contributed by atoms with van der Waals surface area (Å²) in [5.41, 5.74) is 7.13. The molecule has 0 aliphatic carbocycles. The molecule has 0 spiro atoms. The first kappa shape index (κ1) is 14.2. The predicted molar refractivity (Wildman–Crippen MR) is 84.6 cm³/mol. The largest absolute Gasteiger partial charge is 0.389 e. The number of rotatable bonds is 4. The molecule has 1 aromatic carbocycles. The van der Waals surface area contributed by atoms with Crippen LogP contribution in [-0.2, 0) is 6.42 Å². The number of hydrogen-bond acceptors (Lipinski definition) is 4. The highest BCUT2D eigenvalue weighted by atomic mass is 32.1. The third-order valence-corrected chi connectivity index (χ3v) is 3.23. The molecule has 2 rings (SSSR count). The van der Waals surface area contributed by atoms with Crippen molar-refractivity contribution in [3.05, 3.63) is 52.1 Å². The highest BCUT2D eigenvalue weighted by molar-refractivity contribution is 7.80. The van der Waals surface area contributed by atoms with Crippen molar-refractivity contribution in [1.29, 1.82) is 0 Å². The fourth-order valence-electron chi connectivity index (χ4n) is 1.81. The molecule has 0 fully saturated rings. The van der Waals surface area contributed by atoms with Crippen LogP contribution >= 0.6 is 12.2 Å². The number of aromatic nitrogens is 2. The molecule has 0 atom stereocenters. The van der Waals surface area contributed by atoms with E-state index in [0.717, 1.165) is 11.3 Å². The van der Waals surface area contributed by atoms with E-state index in [0.29, 0.717) is 23.1 Å². The van der Waals surface area contributed by atoms with Gasteiger partial charge in [0, 0.05) is 30.8 Å². The fourth-order valence-corrected chi connectivity index (χ4v) is 1.95. The van der Waals surface area contributed by atoms with Crippen molar-refractivity contribution in [2.75, 3.05) is 11.9 Å². The number of nitrogens with zero attached hydrogens (tertiary/aromatic N) is 2. The molecule has 0 amide bonds. The third kappa shape index (κ3) is 3.03. The van der Waals surface area contributed by atoms with E-state index >= 15 is 0 Å². The second kappa shape index (κ2) is 5.83. The van der Waals surface area contributed by atoms with Crippen molar-refractivity contribution in [3.8, 4) is 0 Å². The molecule has 2 aromatic rings. The number of nitrogens with one attached hydrogen (secondary N) is 1. The van der Waals surface area contributed by atoms with Gasteiger partial charge in [-0.1, -0.05) is 19.1 Å². The van der Waals surface area contributed by atoms with Gasteiger partial charge in [0.15, 0.2) is 0 Å². The van der Waals surface area contributed by atoms with Crippen molar-refractivity contribution < 1.29 is 0 Å². The SMILES string of the molecule is CCc1nc(N(C)c2ccc(C(N)=S)cc2)cc(=O)[nH]1. The molecular formula is C14H16N4OS. The summed E-state index contributed by atoms with van der Waals surface area (Å²) < 4.78 is 0. The molecule has 20 heavy (non-hydrogen) atoms. The van der Waals surface area contributed by atoms with Gasteiger partial charge in [0.1, 0.15) is 16.6 Å². The van der Waals surface area contributed by atoms with Crippen molar-refractivity contribution in [3.63, 3.8) is 0 Å². The van der Waals surface area contributed by atoms with Crippen LogP contribution in [0.3, 0.4) is 0 Å². The lowest BCUT2D eigenvalue weighted by atomic mass is 10.2. The smallest absolute Gasteiger partial charge is 0.252 e. The third-order valence-electron chi connectivity index (χ3n) is 2.99. The lowest BCUT2D eigenvalue weighted by molar-refractivity contribution is 0.908. The molecule has 0 saturated heterocycles. The van der Waals surface area contributed by atoms with Crippen molar-refractivity contribution >= 4 is 28.7 Å². The molecule has 0 bridgehead atoms. The van der Waals surface area contributed by atoms with Crippen LogP contribution in [0.2, 0.25) is 0 Å². The predicted octanol–water partition coefficient (Wildman–Crippen LogP) is 1.73. The van der Waals surface area contributed by atoms with E-state index in [1.165, 1.54) is 6.07 Å². The zero-order valence-corrected chi connectivity index (χ0v) is 12.2. The summed E-state index contributed by atoms with van der Waals surface area (Å²) in [5.74, 6) is 1.27. The molecule has 0 aliphatic heterocycles. The second-order valence-electron chi connectivity index (χ2n) is 4.37. The van der Waals surface area contributed by atoms with E-state index in [1.807, 2.05) is 43.1 Å². The standard InChI is InChI=1S/C14H16N4OS/c1-3-11-16-12(8-13(19)17-11)18(2)10-6-4-9(5-7-10)14(15)20/h4-8H,3H2,1-2H3,(H2,15,20)(H,16,17,19). The Bertz CT molecular complexity index is 678. The minimum absolute atomic E-state index is 0.154. The number of H-pyrrole nitrogens is 1. The summed E-state index contributed by atoms with van der Waals surface area (Å²) in [5, 5.41) is 0. The lowest BCUT2D eigenvalue weighted by Crippen LogP contribution is -2.18. The first-order valence-electron chi connectivity index (χ1n) is 6.25. The number of hydrogen-bond donors (Lipinski definition) is 2. The molecule has 3 N–H and O–H groups in total. The Labute approximate surface area is 122 Å². The van der Waals surface area contributed by atoms with Gasteiger partial charge in [-0.2, -0.15) is 0 Å². The van der Waals surface area contributed by atoms with Crippen molar-refractivity contribution in [2.24, 2.45) is 5.73 Å². The number of anilines is 2. The van der Waals surface area contributed by atoms with Crippen LogP contribution in [0, 0.1) is 0 Å². The normalized spacial score (nSPS) is 10.3. The lowest BCUT2D eigenvalue weighted by Gasteiger charge is -2.18. The summed E-state index contributed by atoms with van der Waals surface area (Å²) in [7, 11) is 1.86. The highest BCUT2D eigenvalue weighted by Crippen LogP contribution is 2.21. The minimum Gasteiger partial charge on any atom is -0.389 e. The summed E-state index contributed by atoms with van der Waals surface area (Å²) in [6.45, 7) is 1.94. The molecule has 104 valence electrons. The molecule has 0 aliphatic rings. The monoisotopic (exact) mass is 288 g/mol. The maximum absolute atomic E-state index is 11.6. The van der Waals surface area contributed by atoms with Gasteiger partial charge in [0.2, 0.25) is 0 Å². The molecule has 0 saturated carbocycles. The number of benzene rings is 1. The Kier molecular flexibility index (Phi) is 4.14. The van der Waals surface area contributed by atoms with Crippen LogP contribution < -0.4 is 16.2 Å². The Hall–Kier alpha value is -2.21. The second-order valence-corrected chi connectivity index (χ2v) is 4.81. The van der Waals surface area contributed by atoms with Gasteiger partial charge in [-0.3, -0.25) is 4.79 Å². The molecule has 0 unspecified atom stereocenters. The molecule has 1 heterocycles. The van der Waals surface area contributed by atoms with Crippen molar-refractivity contribution in [1.82, 2.24) is 9.97 Å². The Morgan fingerprint density at radius 1 is 1.40 bits per heavy atom. The zero-order valence-electron chi connectivity index (χ0n) is 11.4. The minimum atomic E-state index is -0.154. The quantitative estimate of drug-likeness (QED) is 0.838. The van der Waals surface area contributed by atoms with Crippen LogP contribution in [0.25, 0.3) is 0 Å². The number of nitrogens with two attached hydrogens (primary N) is 1. The summed E-state index contributed by atoms with van der Waals surface area (Å²) in [4.78, 5) is 20.9. The first-order chi connectivity index (χ1) is 9.51. The summed E-state index contributed by atoms with van der Waals surface area (Å²) in [6, 6.07) is 8.96. The van der Waals surface area contributed by atoms with Crippen LogP contribution in [0.15, 0.2) is 35.1 Å². The summed E-state index contributed by atoms with van der Waals surface area (Å²) in [6.07, 6.45) is 0.678. The van der Waals surface area contributed by atoms with E-state index in [-0.39, 0.29) is 5.56 Å². The van der Waals surface area contributed by atoms with E-state index < -0.39 is 0 Å². The van der Waals surface area contributed by atoms with Gasteiger partial charge in [-0.25, -0.2) is 4.98 Å². The average Bonchev–Trinajstić information content (AvgIpc) is 2.45. The van der Waals surface area contributed by atoms with Gasteiger partial charge in [0.25, 0.3) is 5.56 Å². The van der Waals surface area contributed by atoms with Gasteiger partial charge in [-0.15, -0.1) is 0 Å². The molecule has 6 heteroatoms. The molecule has 0 radical (unpaired) electrons. The van der Waals surface area contributed by atoms with Crippen LogP contribution in [-0.4, -0.2) is 22.0 Å². The maximum Gasteiger partial charge on any atom is 0.252 e. The van der Waals surface area contributed by atoms with E-state index in [2.05, 4.69) is 9.97 Å². The fraction of sp³-hybridized carbons (Fsp3) is 0.214. The van der Waals surface area contributed by atoms with Crippen LogP contribution in [0.4, 0.5) is 11.5 Å². The average molecular weight is 288 g/mol. The summed E-state index contributed by atoms with van der Waals surface area (Å²) >= 11 is 4.92. The van der Waals surface area contributed by atoms with E-state index in [4.69, 9.17) is 18.0 Å². The molecular weight excluding hydrogens is 272 g/mol. The van der Waals surface area contributed by atoms with Crippen LogP contribution in [0.5, 0.6) is 0 Å². The van der Waals surface area contributed by atoms with Crippen molar-refractivity contribution in [2.45, 2.75) is 13.3 Å². The number of aryl methyl sites for hydroxylation is 1. The zero-order chi connectivity index (χ0) is 14.7. The van der Waals surface area contributed by atoms with Gasteiger partial charge < -0.3 is 15.6 Å². The highest BCUT2D eigenvalue weighted by Gasteiger charge is 2.08. The Balaban J connectivity index is 2.35. The van der Waals surface area contributed by atoms with Crippen LogP contribution in [0.1, 0.15) is 18.3 Å². The number of aromatic amines is 1. The first-order valence-corrected chi connectivity index (χ1v) is 6.66. The van der Waals surface area contributed by atoms with Gasteiger partial charge in [-0.05, 0) is 24.3 Å². The maximum atomic E-state index is 11.6. The van der Waals surface area contributed by atoms with Gasteiger partial charge >= 0.3 is 0 Å². The Morgan fingerprint density at radius 2 is 2.05 bits per heavy atom. The van der Waals surface area contributed by atoms with E-state index in [9.17, 15) is 4.79 Å². The molecule has 5 nitrogen and oxygen atoms in total. The number of thiocarbonyl (C=S) groups is 1. The van der Waals surface area contributed by atoms with Gasteiger partial charge in [0.05, 0.1) is 0 Å². The Morgan fingerprint density at radius 3 is 2.60 bits per heavy atom.